The molecule has 0 bridgehead atoms. The fourth-order valence-electron chi connectivity index (χ4n) is 2.97. The topological polar surface area (TPSA) is 70.0 Å². The molecule has 1 amide bonds. The van der Waals surface area contributed by atoms with Gasteiger partial charge in [0.1, 0.15) is 5.65 Å². The molecule has 8 heteroatoms. The summed E-state index contributed by atoms with van der Waals surface area (Å²) in [6, 6.07) is 5.31. The van der Waals surface area contributed by atoms with Gasteiger partial charge in [0.05, 0.1) is 12.2 Å². The van der Waals surface area contributed by atoms with Crippen LogP contribution in [0.1, 0.15) is 11.3 Å². The first-order chi connectivity index (χ1) is 11.5. The highest BCUT2D eigenvalue weighted by Crippen LogP contribution is 2.07. The Kier molecular flexibility index (Phi) is 6.52. The van der Waals surface area contributed by atoms with Crippen molar-refractivity contribution in [2.24, 2.45) is 0 Å². The van der Waals surface area contributed by atoms with Crippen molar-refractivity contribution in [2.45, 2.75) is 13.5 Å². The molecule has 1 saturated heterocycles. The van der Waals surface area contributed by atoms with E-state index in [0.29, 0.717) is 24.4 Å². The maximum absolute atomic E-state index is 12.3. The van der Waals surface area contributed by atoms with Crippen LogP contribution < -0.4 is 10.9 Å². The molecule has 7 nitrogen and oxygen atoms in total. The van der Waals surface area contributed by atoms with Crippen LogP contribution in [0.4, 0.5) is 0 Å². The normalized spacial score (nSPS) is 14.6. The summed E-state index contributed by atoms with van der Waals surface area (Å²) in [6.07, 6.45) is 1.72. The molecule has 25 heavy (non-hydrogen) atoms. The minimum atomic E-state index is -0.0967. The maximum atomic E-state index is 12.3. The number of pyridine rings is 1. The number of nitrogens with zero attached hydrogens (tertiary/aromatic N) is 4. The first kappa shape index (κ1) is 19.4. The highest BCUT2D eigenvalue weighted by molar-refractivity contribution is 5.85. The van der Waals surface area contributed by atoms with Crippen LogP contribution in [0.2, 0.25) is 0 Å². The highest BCUT2D eigenvalue weighted by atomic mass is 35.5. The Morgan fingerprint density at radius 3 is 2.80 bits per heavy atom. The molecule has 3 rings (SSSR count). The average Bonchev–Trinajstić information content (AvgIpc) is 2.56. The second kappa shape index (κ2) is 8.42. The lowest BCUT2D eigenvalue weighted by Gasteiger charge is -2.29. The number of hydrogen-bond acceptors (Lipinski definition) is 5. The molecule has 0 spiro atoms. The van der Waals surface area contributed by atoms with Crippen molar-refractivity contribution in [1.82, 2.24) is 24.5 Å². The Morgan fingerprint density at radius 2 is 2.08 bits per heavy atom. The molecule has 0 radical (unpaired) electrons. The van der Waals surface area contributed by atoms with Crippen LogP contribution in [-0.4, -0.2) is 64.9 Å². The van der Waals surface area contributed by atoms with Crippen LogP contribution in [0.15, 0.2) is 29.2 Å². The van der Waals surface area contributed by atoms with Crippen molar-refractivity contribution in [3.8, 4) is 0 Å². The van der Waals surface area contributed by atoms with Crippen LogP contribution in [0.5, 0.6) is 0 Å². The van der Waals surface area contributed by atoms with Crippen molar-refractivity contribution in [2.75, 3.05) is 39.8 Å². The Balaban J connectivity index is 0.00000225. The number of hydrogen-bond donors (Lipinski definition) is 1. The summed E-state index contributed by atoms with van der Waals surface area (Å²) in [6.45, 7) is 5.92. The molecule has 0 unspecified atom stereocenters. The molecular weight excluding hydrogens is 342 g/mol. The van der Waals surface area contributed by atoms with E-state index in [2.05, 4.69) is 10.3 Å². The van der Waals surface area contributed by atoms with Gasteiger partial charge in [0.25, 0.3) is 5.56 Å². The van der Waals surface area contributed by atoms with E-state index in [0.717, 1.165) is 31.7 Å². The molecule has 136 valence electrons. The van der Waals surface area contributed by atoms with Gasteiger partial charge in [0.15, 0.2) is 0 Å². The van der Waals surface area contributed by atoms with Gasteiger partial charge in [-0.3, -0.25) is 18.9 Å². The molecular formula is C17H24ClN5O2. The molecule has 3 heterocycles. The number of rotatable bonds is 4. The molecule has 0 saturated carbocycles. The van der Waals surface area contributed by atoms with Crippen LogP contribution in [0, 0.1) is 6.92 Å². The molecule has 1 aliphatic heterocycles. The summed E-state index contributed by atoms with van der Waals surface area (Å²) >= 11 is 0. The zero-order valence-corrected chi connectivity index (χ0v) is 15.4. The van der Waals surface area contributed by atoms with Gasteiger partial charge in [-0.15, -0.1) is 12.4 Å². The van der Waals surface area contributed by atoms with E-state index in [1.165, 1.54) is 6.07 Å². The first-order valence-corrected chi connectivity index (χ1v) is 8.19. The number of aryl methyl sites for hydroxylation is 1. The zero-order chi connectivity index (χ0) is 17.1. The van der Waals surface area contributed by atoms with Gasteiger partial charge >= 0.3 is 0 Å². The number of fused-ring (bicyclic) bond motifs is 1. The van der Waals surface area contributed by atoms with Crippen molar-refractivity contribution in [3.63, 3.8) is 0 Å². The molecule has 1 aliphatic rings. The highest BCUT2D eigenvalue weighted by Gasteiger charge is 2.18. The van der Waals surface area contributed by atoms with Crippen LogP contribution >= 0.6 is 12.4 Å². The molecule has 0 aromatic carbocycles. The fourth-order valence-corrected chi connectivity index (χ4v) is 2.97. The van der Waals surface area contributed by atoms with Crippen molar-refractivity contribution >= 4 is 24.0 Å². The van der Waals surface area contributed by atoms with E-state index < -0.39 is 0 Å². The SMILES string of the molecule is Cc1cccn2c(=O)cc(CN(C)CC(=O)N3CCNCC3)nc12.Cl. The Bertz CT molecular complexity index is 801. The lowest BCUT2D eigenvalue weighted by Crippen LogP contribution is -2.49. The standard InChI is InChI=1S/C17H23N5O2.ClH/c1-13-4-3-7-22-15(23)10-14(19-17(13)22)11-20(2)12-16(24)21-8-5-18-6-9-21;/h3-4,7,10,18H,5-6,8-9,11-12H2,1-2H3;1H. The minimum Gasteiger partial charge on any atom is -0.339 e. The molecule has 0 aliphatic carbocycles. The summed E-state index contributed by atoms with van der Waals surface area (Å²) in [4.78, 5) is 32.9. The monoisotopic (exact) mass is 365 g/mol. The van der Waals surface area contributed by atoms with Gasteiger partial charge in [0, 0.05) is 45.0 Å². The number of amides is 1. The van der Waals surface area contributed by atoms with Gasteiger partial charge in [-0.1, -0.05) is 6.07 Å². The van der Waals surface area contributed by atoms with Gasteiger partial charge in [-0.2, -0.15) is 0 Å². The van der Waals surface area contributed by atoms with E-state index in [1.807, 2.05) is 35.9 Å². The lowest BCUT2D eigenvalue weighted by atomic mass is 10.2. The third-order valence-corrected chi connectivity index (χ3v) is 4.25. The number of aromatic nitrogens is 2. The molecule has 2 aromatic rings. The largest absolute Gasteiger partial charge is 0.339 e. The van der Waals surface area contributed by atoms with Gasteiger partial charge in [-0.25, -0.2) is 4.98 Å². The van der Waals surface area contributed by atoms with Gasteiger partial charge in [0.2, 0.25) is 5.91 Å². The Labute approximate surface area is 153 Å². The van der Waals surface area contributed by atoms with Crippen LogP contribution in [0.3, 0.4) is 0 Å². The van der Waals surface area contributed by atoms with Crippen molar-refractivity contribution < 1.29 is 4.79 Å². The smallest absolute Gasteiger partial charge is 0.258 e. The quantitative estimate of drug-likeness (QED) is 0.843. The average molecular weight is 366 g/mol. The number of nitrogens with one attached hydrogen (secondary N) is 1. The Morgan fingerprint density at radius 1 is 1.36 bits per heavy atom. The molecule has 1 N–H and O–H groups in total. The third-order valence-electron chi connectivity index (χ3n) is 4.25. The van der Waals surface area contributed by atoms with Gasteiger partial charge < -0.3 is 10.2 Å². The molecule has 0 atom stereocenters. The predicted molar refractivity (Wildman–Crippen MR) is 99.2 cm³/mol. The number of halogens is 1. The van der Waals surface area contributed by atoms with Gasteiger partial charge in [-0.05, 0) is 25.6 Å². The summed E-state index contributed by atoms with van der Waals surface area (Å²) in [5, 5.41) is 3.24. The van der Waals surface area contributed by atoms with Crippen LogP contribution in [0.25, 0.3) is 5.65 Å². The zero-order valence-electron chi connectivity index (χ0n) is 14.6. The van der Waals surface area contributed by atoms with Crippen LogP contribution in [-0.2, 0) is 11.3 Å². The predicted octanol–water partition coefficient (Wildman–Crippen LogP) is 0.288. The molecule has 2 aromatic heterocycles. The summed E-state index contributed by atoms with van der Waals surface area (Å²) in [7, 11) is 1.88. The minimum absolute atomic E-state index is 0. The second-order valence-corrected chi connectivity index (χ2v) is 6.27. The second-order valence-electron chi connectivity index (χ2n) is 6.27. The van der Waals surface area contributed by atoms with E-state index >= 15 is 0 Å². The van der Waals surface area contributed by atoms with E-state index in [-0.39, 0.29) is 23.9 Å². The van der Waals surface area contributed by atoms with Crippen molar-refractivity contribution in [1.29, 1.82) is 0 Å². The summed E-state index contributed by atoms with van der Waals surface area (Å²) in [5.74, 6) is 0.118. The van der Waals surface area contributed by atoms with Crippen molar-refractivity contribution in [3.05, 3.63) is 46.0 Å². The van der Waals surface area contributed by atoms with E-state index in [9.17, 15) is 9.59 Å². The number of carbonyl (C=O) groups excluding carboxylic acids is 1. The summed E-state index contributed by atoms with van der Waals surface area (Å²) in [5.41, 5.74) is 2.21. The number of piperazine rings is 1. The maximum Gasteiger partial charge on any atom is 0.258 e. The van der Waals surface area contributed by atoms with E-state index in [1.54, 1.807) is 10.6 Å². The van der Waals surface area contributed by atoms with E-state index in [4.69, 9.17) is 0 Å². The number of likely N-dealkylation sites (N-methyl/N-ethyl adjacent to an activating group) is 1. The third kappa shape index (κ3) is 4.56. The lowest BCUT2D eigenvalue weighted by molar-refractivity contribution is -0.132. The summed E-state index contributed by atoms with van der Waals surface area (Å²) < 4.78 is 1.55. The first-order valence-electron chi connectivity index (χ1n) is 8.19. The Hall–Kier alpha value is -1.96. The molecule has 1 fully saturated rings. The fraction of sp³-hybridized carbons (Fsp3) is 0.471. The number of carbonyl (C=O) groups is 1.